The summed E-state index contributed by atoms with van der Waals surface area (Å²) >= 11 is 3.13. The Hall–Kier alpha value is -1.49. The Bertz CT molecular complexity index is 440. The summed E-state index contributed by atoms with van der Waals surface area (Å²) in [6.07, 6.45) is 2.91. The molecule has 78 valence electrons. The van der Waals surface area contributed by atoms with Crippen LogP contribution in [0, 0.1) is 10.1 Å². The maximum atomic E-state index is 10.7. The molecule has 0 aliphatic heterocycles. The van der Waals surface area contributed by atoms with E-state index in [9.17, 15) is 14.9 Å². The molecule has 1 aromatic rings. The molecule has 0 heterocycles. The second kappa shape index (κ2) is 4.84. The molecule has 0 atom stereocenters. The quantitative estimate of drug-likeness (QED) is 0.482. The van der Waals surface area contributed by atoms with Crippen LogP contribution in [0.25, 0.3) is 6.08 Å². The Morgan fingerprint density at radius 1 is 1.53 bits per heavy atom. The van der Waals surface area contributed by atoms with Crippen LogP contribution in [0.15, 0.2) is 28.7 Å². The Balaban J connectivity index is 3.15. The number of rotatable bonds is 3. The Labute approximate surface area is 94.9 Å². The number of nitro benzene ring substituents is 1. The van der Waals surface area contributed by atoms with Gasteiger partial charge in [-0.1, -0.05) is 18.2 Å². The molecule has 0 saturated heterocycles. The molecule has 0 fully saturated rings. The van der Waals surface area contributed by atoms with Gasteiger partial charge in [-0.3, -0.25) is 14.9 Å². The summed E-state index contributed by atoms with van der Waals surface area (Å²) in [6.45, 7) is 1.42. The molecule has 1 aromatic carbocycles. The molecule has 0 bridgehead atoms. The fraction of sp³-hybridized carbons (Fsp3) is 0.100. The molecular weight excluding hydrogens is 262 g/mol. The molecular formula is C10H8BrNO3. The van der Waals surface area contributed by atoms with Gasteiger partial charge in [-0.2, -0.15) is 0 Å². The second-order valence-electron chi connectivity index (χ2n) is 2.88. The molecule has 5 heteroatoms. The van der Waals surface area contributed by atoms with Crippen molar-refractivity contribution in [1.29, 1.82) is 0 Å². The summed E-state index contributed by atoms with van der Waals surface area (Å²) < 4.78 is 0.382. The van der Waals surface area contributed by atoms with Gasteiger partial charge < -0.3 is 0 Å². The highest BCUT2D eigenvalue weighted by molar-refractivity contribution is 9.10. The van der Waals surface area contributed by atoms with E-state index in [-0.39, 0.29) is 11.5 Å². The van der Waals surface area contributed by atoms with Gasteiger partial charge in [0.2, 0.25) is 0 Å². The zero-order valence-corrected chi connectivity index (χ0v) is 9.52. The first-order valence-electron chi connectivity index (χ1n) is 4.14. The first kappa shape index (κ1) is 11.6. The summed E-state index contributed by atoms with van der Waals surface area (Å²) in [5.41, 5.74) is 0.597. The smallest absolute Gasteiger partial charge is 0.284 e. The summed E-state index contributed by atoms with van der Waals surface area (Å²) in [4.78, 5) is 20.8. The van der Waals surface area contributed by atoms with E-state index < -0.39 is 4.92 Å². The summed E-state index contributed by atoms with van der Waals surface area (Å²) in [5.74, 6) is -0.103. The van der Waals surface area contributed by atoms with Gasteiger partial charge in [0, 0.05) is 6.07 Å². The molecule has 0 N–H and O–H groups in total. The largest absolute Gasteiger partial charge is 0.295 e. The van der Waals surface area contributed by atoms with E-state index >= 15 is 0 Å². The highest BCUT2D eigenvalue weighted by Crippen LogP contribution is 2.28. The first-order chi connectivity index (χ1) is 7.02. The van der Waals surface area contributed by atoms with Crippen molar-refractivity contribution >= 4 is 33.5 Å². The third-order valence-electron chi connectivity index (χ3n) is 1.70. The van der Waals surface area contributed by atoms with Crippen LogP contribution in [-0.4, -0.2) is 10.7 Å². The van der Waals surface area contributed by atoms with E-state index in [1.165, 1.54) is 19.1 Å². The van der Waals surface area contributed by atoms with Crippen LogP contribution < -0.4 is 0 Å². The normalized spacial score (nSPS) is 10.5. The van der Waals surface area contributed by atoms with Gasteiger partial charge in [0.05, 0.1) is 4.92 Å². The van der Waals surface area contributed by atoms with Crippen LogP contribution in [0.2, 0.25) is 0 Å². The predicted octanol–water partition coefficient (Wildman–Crippen LogP) is 2.96. The number of nitrogens with zero attached hydrogens (tertiary/aromatic N) is 1. The van der Waals surface area contributed by atoms with Crippen molar-refractivity contribution in [2.45, 2.75) is 6.92 Å². The second-order valence-corrected chi connectivity index (χ2v) is 3.67. The molecule has 0 aliphatic carbocycles. The van der Waals surface area contributed by atoms with Gasteiger partial charge in [0.25, 0.3) is 5.69 Å². The number of carbonyl (C=O) groups excluding carboxylic acids is 1. The average molecular weight is 270 g/mol. The molecule has 4 nitrogen and oxygen atoms in total. The van der Waals surface area contributed by atoms with E-state index in [4.69, 9.17) is 0 Å². The standard InChI is InChI=1S/C10H8BrNO3/c1-7(13)5-6-8-3-2-4-9(10(8)11)12(14)15/h2-6H,1H3/b6-5+. The third-order valence-corrected chi connectivity index (χ3v) is 2.57. The van der Waals surface area contributed by atoms with Crippen LogP contribution in [-0.2, 0) is 4.79 Å². The summed E-state index contributed by atoms with van der Waals surface area (Å²) in [5, 5.41) is 10.6. The molecule has 0 spiro atoms. The lowest BCUT2D eigenvalue weighted by molar-refractivity contribution is -0.385. The number of hydrogen-bond donors (Lipinski definition) is 0. The minimum absolute atomic E-state index is 0.0132. The SMILES string of the molecule is CC(=O)/C=C/c1cccc([N+](=O)[O-])c1Br. The van der Waals surface area contributed by atoms with Gasteiger partial charge in [0.1, 0.15) is 4.47 Å². The predicted molar refractivity (Wildman–Crippen MR) is 60.5 cm³/mol. The number of hydrogen-bond acceptors (Lipinski definition) is 3. The number of nitro groups is 1. The number of benzene rings is 1. The van der Waals surface area contributed by atoms with Gasteiger partial charge in [-0.25, -0.2) is 0 Å². The van der Waals surface area contributed by atoms with E-state index in [2.05, 4.69) is 15.9 Å². The van der Waals surface area contributed by atoms with Crippen molar-refractivity contribution in [1.82, 2.24) is 0 Å². The lowest BCUT2D eigenvalue weighted by atomic mass is 10.2. The first-order valence-corrected chi connectivity index (χ1v) is 4.93. The highest BCUT2D eigenvalue weighted by Gasteiger charge is 2.12. The highest BCUT2D eigenvalue weighted by atomic mass is 79.9. The molecule has 0 amide bonds. The van der Waals surface area contributed by atoms with Gasteiger partial charge in [-0.05, 0) is 34.5 Å². The molecule has 0 saturated carbocycles. The fourth-order valence-corrected chi connectivity index (χ4v) is 1.56. The van der Waals surface area contributed by atoms with Crippen molar-refractivity contribution in [3.63, 3.8) is 0 Å². The molecule has 1 rings (SSSR count). The van der Waals surface area contributed by atoms with Crippen LogP contribution in [0.3, 0.4) is 0 Å². The molecule has 0 unspecified atom stereocenters. The zero-order chi connectivity index (χ0) is 11.4. The molecule has 0 radical (unpaired) electrons. The van der Waals surface area contributed by atoms with E-state index in [0.29, 0.717) is 10.0 Å². The van der Waals surface area contributed by atoms with Crippen LogP contribution in [0.4, 0.5) is 5.69 Å². The Morgan fingerprint density at radius 3 is 2.73 bits per heavy atom. The monoisotopic (exact) mass is 269 g/mol. The molecule has 15 heavy (non-hydrogen) atoms. The Kier molecular flexibility index (Phi) is 3.74. The number of ketones is 1. The van der Waals surface area contributed by atoms with Crippen molar-refractivity contribution in [2.24, 2.45) is 0 Å². The lowest BCUT2D eigenvalue weighted by Gasteiger charge is -1.98. The number of allylic oxidation sites excluding steroid dienone is 1. The van der Waals surface area contributed by atoms with Crippen LogP contribution >= 0.6 is 15.9 Å². The Morgan fingerprint density at radius 2 is 2.20 bits per heavy atom. The lowest BCUT2D eigenvalue weighted by Crippen LogP contribution is -1.90. The van der Waals surface area contributed by atoms with Crippen molar-refractivity contribution in [3.8, 4) is 0 Å². The van der Waals surface area contributed by atoms with Crippen LogP contribution in [0.5, 0.6) is 0 Å². The topological polar surface area (TPSA) is 60.2 Å². The number of carbonyl (C=O) groups is 1. The van der Waals surface area contributed by atoms with E-state index in [0.717, 1.165) is 0 Å². The average Bonchev–Trinajstić information content (AvgIpc) is 2.15. The number of halogens is 1. The van der Waals surface area contributed by atoms with Crippen LogP contribution in [0.1, 0.15) is 12.5 Å². The maximum Gasteiger partial charge on any atom is 0.284 e. The van der Waals surface area contributed by atoms with E-state index in [1.807, 2.05) is 0 Å². The van der Waals surface area contributed by atoms with Crippen molar-refractivity contribution in [3.05, 3.63) is 44.4 Å². The third kappa shape index (κ3) is 2.99. The van der Waals surface area contributed by atoms with Gasteiger partial charge in [-0.15, -0.1) is 0 Å². The maximum absolute atomic E-state index is 10.7. The van der Waals surface area contributed by atoms with Crippen molar-refractivity contribution in [2.75, 3.05) is 0 Å². The minimum atomic E-state index is -0.477. The summed E-state index contributed by atoms with van der Waals surface area (Å²) in [6, 6.07) is 4.66. The molecule has 0 aliphatic rings. The van der Waals surface area contributed by atoms with Crippen molar-refractivity contribution < 1.29 is 9.72 Å². The summed E-state index contributed by atoms with van der Waals surface area (Å²) in [7, 11) is 0. The van der Waals surface area contributed by atoms with Gasteiger partial charge in [0.15, 0.2) is 5.78 Å². The van der Waals surface area contributed by atoms with E-state index in [1.54, 1.807) is 18.2 Å². The fourth-order valence-electron chi connectivity index (χ4n) is 1.01. The van der Waals surface area contributed by atoms with Gasteiger partial charge >= 0.3 is 0 Å². The minimum Gasteiger partial charge on any atom is -0.295 e. The molecule has 0 aromatic heterocycles. The zero-order valence-electron chi connectivity index (χ0n) is 7.94.